The van der Waals surface area contributed by atoms with Crippen molar-refractivity contribution in [3.05, 3.63) is 45.9 Å². The first-order chi connectivity index (χ1) is 9.31. The van der Waals surface area contributed by atoms with Crippen molar-refractivity contribution in [3.63, 3.8) is 0 Å². The van der Waals surface area contributed by atoms with Gasteiger partial charge in [-0.05, 0) is 31.2 Å². The van der Waals surface area contributed by atoms with Crippen molar-refractivity contribution in [2.24, 2.45) is 0 Å². The summed E-state index contributed by atoms with van der Waals surface area (Å²) < 4.78 is 5.95. The fraction of sp³-hybridized carbons (Fsp3) is 0.400. The summed E-state index contributed by atoms with van der Waals surface area (Å²) in [6.45, 7) is 3.48. The second-order valence-corrected chi connectivity index (χ2v) is 5.99. The molecule has 3 rings (SSSR count). The van der Waals surface area contributed by atoms with Crippen LogP contribution in [-0.2, 0) is 13.2 Å². The number of aromatic nitrogens is 1. The minimum Gasteiger partial charge on any atom is -0.488 e. The van der Waals surface area contributed by atoms with E-state index in [1.165, 1.54) is 17.7 Å². The number of thiophene rings is 1. The van der Waals surface area contributed by atoms with Crippen LogP contribution in [0.3, 0.4) is 0 Å². The number of pyridine rings is 1. The van der Waals surface area contributed by atoms with E-state index in [2.05, 4.69) is 27.8 Å². The van der Waals surface area contributed by atoms with E-state index in [9.17, 15) is 0 Å². The van der Waals surface area contributed by atoms with Crippen molar-refractivity contribution in [2.45, 2.75) is 39.0 Å². The zero-order chi connectivity index (χ0) is 13.1. The fourth-order valence-electron chi connectivity index (χ4n) is 1.92. The number of nitrogens with zero attached hydrogens (tertiary/aromatic N) is 1. The maximum atomic E-state index is 5.95. The Hall–Kier alpha value is -1.39. The summed E-state index contributed by atoms with van der Waals surface area (Å²) in [5.41, 5.74) is 2.14. The first-order valence-electron chi connectivity index (χ1n) is 6.65. The summed E-state index contributed by atoms with van der Waals surface area (Å²) in [5.74, 6) is 0.953. The SMILES string of the molecule is Cc1cc(OCc2cccs2)c(CNC2CC2)cn1. The molecule has 0 radical (unpaired) electrons. The van der Waals surface area contributed by atoms with Crippen molar-refractivity contribution in [1.29, 1.82) is 0 Å². The normalized spacial score (nSPS) is 14.6. The van der Waals surface area contributed by atoms with Crippen molar-refractivity contribution >= 4 is 11.3 Å². The van der Waals surface area contributed by atoms with Crippen LogP contribution in [0, 0.1) is 6.92 Å². The van der Waals surface area contributed by atoms with Crippen molar-refractivity contribution < 1.29 is 4.74 Å². The van der Waals surface area contributed by atoms with Gasteiger partial charge in [-0.2, -0.15) is 0 Å². The molecule has 4 heteroatoms. The number of nitrogens with one attached hydrogen (secondary N) is 1. The van der Waals surface area contributed by atoms with Gasteiger partial charge in [0.05, 0.1) is 0 Å². The van der Waals surface area contributed by atoms with Gasteiger partial charge in [-0.25, -0.2) is 0 Å². The Morgan fingerprint density at radius 3 is 3.11 bits per heavy atom. The molecular weight excluding hydrogens is 256 g/mol. The lowest BCUT2D eigenvalue weighted by Gasteiger charge is -2.12. The van der Waals surface area contributed by atoms with Gasteiger partial charge >= 0.3 is 0 Å². The average Bonchev–Trinajstić information content (AvgIpc) is 3.09. The molecule has 0 saturated heterocycles. The molecule has 0 aliphatic heterocycles. The first kappa shape index (κ1) is 12.6. The van der Waals surface area contributed by atoms with Gasteiger partial charge in [-0.1, -0.05) is 6.07 Å². The third-order valence-electron chi connectivity index (χ3n) is 3.19. The highest BCUT2D eigenvalue weighted by Crippen LogP contribution is 2.24. The Bertz CT molecular complexity index is 535. The van der Waals surface area contributed by atoms with E-state index in [0.29, 0.717) is 12.6 Å². The number of hydrogen-bond acceptors (Lipinski definition) is 4. The second kappa shape index (κ2) is 5.72. The number of hydrogen-bond donors (Lipinski definition) is 1. The topological polar surface area (TPSA) is 34.1 Å². The van der Waals surface area contributed by atoms with Crippen LogP contribution in [0.5, 0.6) is 5.75 Å². The molecule has 0 bridgehead atoms. The molecule has 1 aliphatic carbocycles. The Morgan fingerprint density at radius 1 is 1.47 bits per heavy atom. The van der Waals surface area contributed by atoms with Crippen LogP contribution in [0.2, 0.25) is 0 Å². The predicted molar refractivity (Wildman–Crippen MR) is 77.5 cm³/mol. The summed E-state index contributed by atoms with van der Waals surface area (Å²) in [6.07, 6.45) is 4.52. The van der Waals surface area contributed by atoms with Crippen LogP contribution in [0.25, 0.3) is 0 Å². The van der Waals surface area contributed by atoms with E-state index in [1.807, 2.05) is 19.2 Å². The zero-order valence-corrected chi connectivity index (χ0v) is 11.9. The van der Waals surface area contributed by atoms with Gasteiger partial charge in [0.2, 0.25) is 0 Å². The summed E-state index contributed by atoms with van der Waals surface area (Å²) in [5, 5.41) is 5.58. The van der Waals surface area contributed by atoms with Gasteiger partial charge < -0.3 is 10.1 Å². The van der Waals surface area contributed by atoms with E-state index in [1.54, 1.807) is 11.3 Å². The monoisotopic (exact) mass is 274 g/mol. The molecule has 3 nitrogen and oxygen atoms in total. The van der Waals surface area contributed by atoms with Gasteiger partial charge in [-0.3, -0.25) is 4.98 Å². The standard InChI is InChI=1S/C15H18N2OS/c1-11-7-15(18-10-14-3-2-6-19-14)12(8-16-11)9-17-13-4-5-13/h2-3,6-8,13,17H,4-5,9-10H2,1H3. The van der Waals surface area contributed by atoms with Gasteiger partial charge in [0, 0.05) is 41.0 Å². The van der Waals surface area contributed by atoms with Gasteiger partial charge in [0.15, 0.2) is 0 Å². The minimum absolute atomic E-state index is 0.636. The average molecular weight is 274 g/mol. The summed E-state index contributed by atoms with van der Waals surface area (Å²) in [6, 6.07) is 6.88. The highest BCUT2D eigenvalue weighted by Gasteiger charge is 2.20. The third kappa shape index (κ3) is 3.55. The fourth-order valence-corrected chi connectivity index (χ4v) is 2.53. The molecule has 0 spiro atoms. The van der Waals surface area contributed by atoms with Crippen LogP contribution in [-0.4, -0.2) is 11.0 Å². The quantitative estimate of drug-likeness (QED) is 0.877. The maximum absolute atomic E-state index is 5.95. The largest absolute Gasteiger partial charge is 0.488 e. The van der Waals surface area contributed by atoms with Gasteiger partial charge in [0.1, 0.15) is 12.4 Å². The lowest BCUT2D eigenvalue weighted by atomic mass is 10.2. The summed E-state index contributed by atoms with van der Waals surface area (Å²) in [4.78, 5) is 5.61. The van der Waals surface area contributed by atoms with Crippen molar-refractivity contribution in [2.75, 3.05) is 0 Å². The Kier molecular flexibility index (Phi) is 3.80. The van der Waals surface area contributed by atoms with E-state index >= 15 is 0 Å². The Morgan fingerprint density at radius 2 is 2.37 bits per heavy atom. The first-order valence-corrected chi connectivity index (χ1v) is 7.53. The molecular formula is C15H18N2OS. The van der Waals surface area contributed by atoms with Crippen LogP contribution >= 0.6 is 11.3 Å². The third-order valence-corrected chi connectivity index (χ3v) is 4.04. The second-order valence-electron chi connectivity index (χ2n) is 4.96. The molecule has 1 fully saturated rings. The summed E-state index contributed by atoms with van der Waals surface area (Å²) in [7, 11) is 0. The van der Waals surface area contributed by atoms with E-state index in [4.69, 9.17) is 4.74 Å². The maximum Gasteiger partial charge on any atom is 0.127 e. The lowest BCUT2D eigenvalue weighted by Crippen LogP contribution is -2.16. The van der Waals surface area contributed by atoms with Crippen molar-refractivity contribution in [3.8, 4) is 5.75 Å². The zero-order valence-electron chi connectivity index (χ0n) is 11.1. The molecule has 1 aliphatic rings. The Labute approximate surface area is 117 Å². The predicted octanol–water partition coefficient (Wildman–Crippen LogP) is 3.28. The molecule has 19 heavy (non-hydrogen) atoms. The molecule has 2 aromatic heterocycles. The number of rotatable bonds is 6. The number of aryl methyl sites for hydroxylation is 1. The molecule has 0 amide bonds. The van der Waals surface area contributed by atoms with Crippen molar-refractivity contribution in [1.82, 2.24) is 10.3 Å². The summed E-state index contributed by atoms with van der Waals surface area (Å²) >= 11 is 1.72. The molecule has 1 saturated carbocycles. The molecule has 0 unspecified atom stereocenters. The highest BCUT2D eigenvalue weighted by atomic mass is 32.1. The minimum atomic E-state index is 0.636. The van der Waals surface area contributed by atoms with E-state index in [0.717, 1.165) is 23.6 Å². The molecule has 2 aromatic rings. The van der Waals surface area contributed by atoms with Crippen LogP contribution in [0.15, 0.2) is 29.8 Å². The van der Waals surface area contributed by atoms with E-state index < -0.39 is 0 Å². The van der Waals surface area contributed by atoms with Crippen LogP contribution in [0.1, 0.15) is 29.0 Å². The van der Waals surface area contributed by atoms with Crippen LogP contribution < -0.4 is 10.1 Å². The molecule has 2 heterocycles. The lowest BCUT2D eigenvalue weighted by molar-refractivity contribution is 0.305. The molecule has 0 aromatic carbocycles. The molecule has 1 N–H and O–H groups in total. The molecule has 0 atom stereocenters. The number of ether oxygens (including phenoxy) is 1. The van der Waals surface area contributed by atoms with Gasteiger partial charge in [0.25, 0.3) is 0 Å². The molecule has 100 valence electrons. The Balaban J connectivity index is 1.67. The smallest absolute Gasteiger partial charge is 0.127 e. The van der Waals surface area contributed by atoms with Gasteiger partial charge in [-0.15, -0.1) is 11.3 Å². The van der Waals surface area contributed by atoms with Crippen LogP contribution in [0.4, 0.5) is 0 Å². The van der Waals surface area contributed by atoms with E-state index in [-0.39, 0.29) is 0 Å². The highest BCUT2D eigenvalue weighted by molar-refractivity contribution is 7.09.